The van der Waals surface area contributed by atoms with Crippen LogP contribution in [0, 0.1) is 17.6 Å². The van der Waals surface area contributed by atoms with Crippen LogP contribution in [0.5, 0.6) is 0 Å². The number of likely N-dealkylation sites (tertiary alicyclic amines) is 1. The number of rotatable bonds is 8. The lowest BCUT2D eigenvalue weighted by atomic mass is 10.0. The lowest BCUT2D eigenvalue weighted by Crippen LogP contribution is -2.52. The SMILES string of the molecule is CC(C)C(NC(=O)O)C(=O)N1CCCC1Cn1c(-c2[nH]c3cc(F)ccc3c2CC2CCCN2)nc2cc(F)ccc21. The molecule has 2 aromatic carbocycles. The highest BCUT2D eigenvalue weighted by molar-refractivity contribution is 5.92. The van der Waals surface area contributed by atoms with Crippen molar-refractivity contribution in [3.05, 3.63) is 53.6 Å². The standard InChI is InChI=1S/C31H36F2N6O3/c1-17(2)27(37-31(41)42)30(40)38-12-4-6-21(38)16-39-26-10-8-19(33)14-25(26)36-29(39)28-23(15-20-5-3-11-34-20)22-9-7-18(32)13-24(22)35-28/h7-10,13-14,17,20-21,27,34-35,37H,3-6,11-12,15-16H2,1-2H3,(H,41,42). The maximum atomic E-state index is 14.4. The van der Waals surface area contributed by atoms with Crippen LogP contribution in [0.2, 0.25) is 0 Å². The molecule has 9 nitrogen and oxygen atoms in total. The highest BCUT2D eigenvalue weighted by Gasteiger charge is 2.36. The number of amides is 2. The van der Waals surface area contributed by atoms with Gasteiger partial charge in [-0.2, -0.15) is 0 Å². The molecule has 0 bridgehead atoms. The highest BCUT2D eigenvalue weighted by Crippen LogP contribution is 2.35. The summed E-state index contributed by atoms with van der Waals surface area (Å²) in [5.41, 5.74) is 3.66. The van der Waals surface area contributed by atoms with E-state index < -0.39 is 18.0 Å². The van der Waals surface area contributed by atoms with E-state index in [0.717, 1.165) is 60.8 Å². The molecular formula is C31H36F2N6O3. The largest absolute Gasteiger partial charge is 0.465 e. The number of imidazole rings is 1. The number of fused-ring (bicyclic) bond motifs is 2. The fourth-order valence-electron chi connectivity index (χ4n) is 6.64. The fraction of sp³-hybridized carbons (Fsp3) is 0.452. The molecule has 2 fully saturated rings. The number of nitrogens with one attached hydrogen (secondary N) is 3. The van der Waals surface area contributed by atoms with Crippen LogP contribution in [-0.4, -0.2) is 67.8 Å². The summed E-state index contributed by atoms with van der Waals surface area (Å²) in [7, 11) is 0. The second-order valence-corrected chi connectivity index (χ2v) is 11.8. The average molecular weight is 579 g/mol. The Morgan fingerprint density at radius 3 is 2.64 bits per heavy atom. The zero-order valence-electron chi connectivity index (χ0n) is 23.8. The molecule has 2 amide bonds. The van der Waals surface area contributed by atoms with Gasteiger partial charge in [0.1, 0.15) is 17.7 Å². The van der Waals surface area contributed by atoms with Gasteiger partial charge in [-0.05, 0) is 80.5 Å². The third kappa shape index (κ3) is 5.33. The fourth-order valence-corrected chi connectivity index (χ4v) is 6.64. The van der Waals surface area contributed by atoms with Gasteiger partial charge in [-0.3, -0.25) is 4.79 Å². The third-order valence-corrected chi connectivity index (χ3v) is 8.68. The molecule has 0 radical (unpaired) electrons. The van der Waals surface area contributed by atoms with Crippen molar-refractivity contribution >= 4 is 33.9 Å². The number of hydrogen-bond acceptors (Lipinski definition) is 4. The van der Waals surface area contributed by atoms with Crippen molar-refractivity contribution in [3.8, 4) is 11.5 Å². The monoisotopic (exact) mass is 578 g/mol. The number of aromatic nitrogens is 3. The number of carbonyl (C=O) groups is 2. The number of carbonyl (C=O) groups excluding carboxylic acids is 1. The van der Waals surface area contributed by atoms with Gasteiger partial charge in [0, 0.05) is 42.1 Å². The van der Waals surface area contributed by atoms with Crippen LogP contribution in [0.4, 0.5) is 13.6 Å². The Morgan fingerprint density at radius 1 is 1.12 bits per heavy atom. The summed E-state index contributed by atoms with van der Waals surface area (Å²) in [6.07, 6.45) is 3.14. The molecule has 2 saturated heterocycles. The van der Waals surface area contributed by atoms with Crippen molar-refractivity contribution in [3.63, 3.8) is 0 Å². The number of H-pyrrole nitrogens is 1. The molecule has 0 aliphatic carbocycles. The van der Waals surface area contributed by atoms with E-state index in [2.05, 4.69) is 15.6 Å². The lowest BCUT2D eigenvalue weighted by molar-refractivity contribution is -0.135. The summed E-state index contributed by atoms with van der Waals surface area (Å²) in [4.78, 5) is 35.1. The van der Waals surface area contributed by atoms with E-state index in [1.165, 1.54) is 24.3 Å². The Morgan fingerprint density at radius 2 is 1.90 bits per heavy atom. The molecule has 42 heavy (non-hydrogen) atoms. The molecule has 222 valence electrons. The zero-order valence-corrected chi connectivity index (χ0v) is 23.8. The number of carboxylic acid groups (broad SMARTS) is 1. The lowest BCUT2D eigenvalue weighted by Gasteiger charge is -2.31. The van der Waals surface area contributed by atoms with E-state index in [-0.39, 0.29) is 29.7 Å². The minimum atomic E-state index is -1.23. The van der Waals surface area contributed by atoms with Gasteiger partial charge in [-0.25, -0.2) is 18.6 Å². The van der Waals surface area contributed by atoms with Crippen LogP contribution in [0.15, 0.2) is 36.4 Å². The van der Waals surface area contributed by atoms with Gasteiger partial charge in [0.05, 0.1) is 16.7 Å². The maximum Gasteiger partial charge on any atom is 0.405 e. The quantitative estimate of drug-likeness (QED) is 0.234. The first-order valence-electron chi connectivity index (χ1n) is 14.7. The van der Waals surface area contributed by atoms with Gasteiger partial charge in [0.15, 0.2) is 5.82 Å². The minimum absolute atomic E-state index is 0.211. The Labute approximate surface area is 242 Å². The highest BCUT2D eigenvalue weighted by atomic mass is 19.1. The van der Waals surface area contributed by atoms with E-state index in [0.29, 0.717) is 29.9 Å². The second kappa shape index (κ2) is 11.4. The molecule has 3 atom stereocenters. The number of nitrogens with zero attached hydrogens (tertiary/aromatic N) is 3. The molecule has 11 heteroatoms. The third-order valence-electron chi connectivity index (χ3n) is 8.68. The van der Waals surface area contributed by atoms with Gasteiger partial charge in [-0.15, -0.1) is 0 Å². The first kappa shape index (κ1) is 28.1. The predicted molar refractivity (Wildman–Crippen MR) is 156 cm³/mol. The van der Waals surface area contributed by atoms with E-state index >= 15 is 0 Å². The van der Waals surface area contributed by atoms with Crippen LogP contribution < -0.4 is 10.6 Å². The second-order valence-electron chi connectivity index (χ2n) is 11.8. The summed E-state index contributed by atoms with van der Waals surface area (Å²) in [5.74, 6) is -0.610. The van der Waals surface area contributed by atoms with Crippen LogP contribution in [0.3, 0.4) is 0 Å². The van der Waals surface area contributed by atoms with Gasteiger partial charge < -0.3 is 30.2 Å². The van der Waals surface area contributed by atoms with Crippen LogP contribution in [-0.2, 0) is 17.8 Å². The molecular weight excluding hydrogens is 542 g/mol. The van der Waals surface area contributed by atoms with Crippen molar-refractivity contribution in [2.24, 2.45) is 5.92 Å². The van der Waals surface area contributed by atoms with E-state index in [4.69, 9.17) is 4.98 Å². The summed E-state index contributed by atoms with van der Waals surface area (Å²) >= 11 is 0. The van der Waals surface area contributed by atoms with Crippen molar-refractivity contribution in [2.45, 2.75) is 70.6 Å². The minimum Gasteiger partial charge on any atom is -0.465 e. The van der Waals surface area contributed by atoms with E-state index in [9.17, 15) is 23.5 Å². The summed E-state index contributed by atoms with van der Waals surface area (Å²) in [5, 5.41) is 16.2. The van der Waals surface area contributed by atoms with Gasteiger partial charge in [-0.1, -0.05) is 13.8 Å². The van der Waals surface area contributed by atoms with Crippen molar-refractivity contribution in [1.29, 1.82) is 0 Å². The van der Waals surface area contributed by atoms with Crippen LogP contribution in [0.1, 0.15) is 45.1 Å². The molecule has 3 unspecified atom stereocenters. The molecule has 2 aliphatic heterocycles. The first-order chi connectivity index (χ1) is 20.2. The Balaban J connectivity index is 1.44. The average Bonchev–Trinajstić information content (AvgIpc) is 3.74. The maximum absolute atomic E-state index is 14.4. The molecule has 2 aromatic heterocycles. The summed E-state index contributed by atoms with van der Waals surface area (Å²) in [6, 6.07) is 8.45. The molecule has 2 aliphatic rings. The molecule has 4 heterocycles. The van der Waals surface area contributed by atoms with Crippen molar-refractivity contribution < 1.29 is 23.5 Å². The molecule has 4 aromatic rings. The Kier molecular flexibility index (Phi) is 7.61. The summed E-state index contributed by atoms with van der Waals surface area (Å²) < 4.78 is 30.7. The van der Waals surface area contributed by atoms with Gasteiger partial charge in [0.25, 0.3) is 0 Å². The number of hydrogen-bond donors (Lipinski definition) is 4. The Bertz CT molecular complexity index is 1640. The smallest absolute Gasteiger partial charge is 0.405 e. The molecule has 4 N–H and O–H groups in total. The molecule has 0 saturated carbocycles. The summed E-state index contributed by atoms with van der Waals surface area (Å²) in [6.45, 7) is 5.51. The predicted octanol–water partition coefficient (Wildman–Crippen LogP) is 5.04. The first-order valence-corrected chi connectivity index (χ1v) is 14.7. The number of benzene rings is 2. The van der Waals surface area contributed by atoms with Gasteiger partial charge >= 0.3 is 6.09 Å². The van der Waals surface area contributed by atoms with Crippen LogP contribution >= 0.6 is 0 Å². The zero-order chi connectivity index (χ0) is 29.5. The molecule has 6 rings (SSSR count). The van der Waals surface area contributed by atoms with Gasteiger partial charge in [0.2, 0.25) is 5.91 Å². The normalized spacial score (nSPS) is 19.8. The topological polar surface area (TPSA) is 115 Å². The van der Waals surface area contributed by atoms with Crippen molar-refractivity contribution in [1.82, 2.24) is 30.1 Å². The number of halogens is 2. The number of aromatic amines is 1. The van der Waals surface area contributed by atoms with E-state index in [1.54, 1.807) is 17.0 Å². The van der Waals surface area contributed by atoms with Crippen LogP contribution in [0.25, 0.3) is 33.5 Å². The Hall–Kier alpha value is -3.99. The van der Waals surface area contributed by atoms with E-state index in [1.807, 2.05) is 18.4 Å². The van der Waals surface area contributed by atoms with Crippen molar-refractivity contribution in [2.75, 3.05) is 13.1 Å². The molecule has 0 spiro atoms.